The Morgan fingerprint density at radius 3 is 3.17 bits per heavy atom. The van der Waals surface area contributed by atoms with E-state index in [-0.39, 0.29) is 6.10 Å². The molecule has 3 aromatic heterocycles. The summed E-state index contributed by atoms with van der Waals surface area (Å²) in [7, 11) is 2.02. The van der Waals surface area contributed by atoms with Crippen LogP contribution in [0.1, 0.15) is 30.2 Å². The maximum atomic E-state index is 5.92. The van der Waals surface area contributed by atoms with Gasteiger partial charge in [0, 0.05) is 38.0 Å². The van der Waals surface area contributed by atoms with Crippen LogP contribution in [0.2, 0.25) is 0 Å². The van der Waals surface area contributed by atoms with Gasteiger partial charge >= 0.3 is 0 Å². The number of pyridine rings is 1. The van der Waals surface area contributed by atoms with Crippen molar-refractivity contribution >= 4 is 5.52 Å². The minimum atomic E-state index is 0.123. The molecule has 1 aliphatic heterocycles. The quantitative estimate of drug-likeness (QED) is 0.801. The van der Waals surface area contributed by atoms with Gasteiger partial charge in [0.15, 0.2) is 0 Å². The third-order valence-corrected chi connectivity index (χ3v) is 4.56. The summed E-state index contributed by atoms with van der Waals surface area (Å²) in [5.74, 6) is 0. The van der Waals surface area contributed by atoms with Crippen LogP contribution in [0, 0.1) is 0 Å². The van der Waals surface area contributed by atoms with Crippen molar-refractivity contribution in [2.24, 2.45) is 7.05 Å². The van der Waals surface area contributed by atoms with Gasteiger partial charge in [0.2, 0.25) is 0 Å². The Morgan fingerprint density at radius 1 is 1.35 bits per heavy atom. The zero-order valence-corrected chi connectivity index (χ0v) is 13.2. The molecule has 0 radical (unpaired) electrons. The van der Waals surface area contributed by atoms with E-state index in [1.165, 1.54) is 5.56 Å². The van der Waals surface area contributed by atoms with Crippen molar-refractivity contribution in [2.45, 2.75) is 31.5 Å². The van der Waals surface area contributed by atoms with E-state index in [2.05, 4.69) is 21.5 Å². The number of ether oxygens (including phenoxy) is 1. The Morgan fingerprint density at radius 2 is 2.30 bits per heavy atom. The molecular formula is C17H21N5O. The van der Waals surface area contributed by atoms with Gasteiger partial charge in [-0.05, 0) is 25.0 Å². The van der Waals surface area contributed by atoms with Gasteiger partial charge in [-0.1, -0.05) is 6.07 Å². The minimum absolute atomic E-state index is 0.123. The first kappa shape index (κ1) is 14.4. The maximum Gasteiger partial charge on any atom is 0.100 e. The molecule has 23 heavy (non-hydrogen) atoms. The molecule has 1 saturated heterocycles. The summed E-state index contributed by atoms with van der Waals surface area (Å²) in [5, 5.41) is 8.05. The van der Waals surface area contributed by atoms with Gasteiger partial charge in [0.1, 0.15) is 6.10 Å². The van der Waals surface area contributed by atoms with Crippen molar-refractivity contribution in [3.63, 3.8) is 0 Å². The topological polar surface area (TPSA) is 56.4 Å². The third-order valence-electron chi connectivity index (χ3n) is 4.56. The van der Waals surface area contributed by atoms with Crippen LogP contribution in [0.4, 0.5) is 0 Å². The standard InChI is InChI=1S/C17H21N5O/c1-21-12-18-11-16(21)17-8-14(5-7-23-17)19-9-13-10-20-22-6-3-2-4-15(13)22/h2-4,6,10-12,14,17,19H,5,7-9H2,1H3/t14-,17-/m1/s1. The van der Waals surface area contributed by atoms with Crippen molar-refractivity contribution in [1.82, 2.24) is 24.5 Å². The predicted octanol–water partition coefficient (Wildman–Crippen LogP) is 2.08. The highest BCUT2D eigenvalue weighted by Crippen LogP contribution is 2.27. The van der Waals surface area contributed by atoms with E-state index in [1.807, 2.05) is 53.2 Å². The maximum absolute atomic E-state index is 5.92. The van der Waals surface area contributed by atoms with E-state index < -0.39 is 0 Å². The molecule has 120 valence electrons. The normalized spacial score (nSPS) is 21.8. The van der Waals surface area contributed by atoms with Gasteiger partial charge in [-0.15, -0.1) is 0 Å². The van der Waals surface area contributed by atoms with Crippen molar-refractivity contribution in [3.05, 3.63) is 54.4 Å². The highest BCUT2D eigenvalue weighted by molar-refractivity contribution is 5.53. The van der Waals surface area contributed by atoms with Crippen LogP contribution in [0.3, 0.4) is 0 Å². The Kier molecular flexibility index (Phi) is 3.85. The average Bonchev–Trinajstić information content (AvgIpc) is 3.19. The van der Waals surface area contributed by atoms with Crippen LogP contribution >= 0.6 is 0 Å². The Hall–Kier alpha value is -2.18. The smallest absolute Gasteiger partial charge is 0.100 e. The largest absolute Gasteiger partial charge is 0.372 e. The van der Waals surface area contributed by atoms with E-state index in [0.717, 1.165) is 37.2 Å². The summed E-state index contributed by atoms with van der Waals surface area (Å²) < 4.78 is 9.88. The molecule has 0 saturated carbocycles. The fourth-order valence-electron chi connectivity index (χ4n) is 3.24. The first-order valence-corrected chi connectivity index (χ1v) is 8.04. The second-order valence-corrected chi connectivity index (χ2v) is 6.09. The lowest BCUT2D eigenvalue weighted by Gasteiger charge is -2.30. The van der Waals surface area contributed by atoms with Gasteiger partial charge in [0.05, 0.1) is 29.9 Å². The van der Waals surface area contributed by atoms with Gasteiger partial charge in [-0.3, -0.25) is 0 Å². The van der Waals surface area contributed by atoms with Crippen molar-refractivity contribution in [3.8, 4) is 0 Å². The number of rotatable bonds is 4. The Labute approximate surface area is 135 Å². The van der Waals surface area contributed by atoms with Gasteiger partial charge in [0.25, 0.3) is 0 Å². The highest BCUT2D eigenvalue weighted by Gasteiger charge is 2.25. The Bertz CT molecular complexity index is 793. The number of nitrogens with one attached hydrogen (secondary N) is 1. The molecule has 2 atom stereocenters. The van der Waals surface area contributed by atoms with E-state index in [4.69, 9.17) is 4.74 Å². The van der Waals surface area contributed by atoms with Crippen LogP contribution in [0.5, 0.6) is 0 Å². The molecule has 3 aromatic rings. The molecule has 0 unspecified atom stereocenters. The first-order chi connectivity index (χ1) is 11.3. The van der Waals surface area contributed by atoms with Crippen molar-refractivity contribution in [1.29, 1.82) is 0 Å². The summed E-state index contributed by atoms with van der Waals surface area (Å²) in [6.07, 6.45) is 9.78. The zero-order chi connectivity index (χ0) is 15.6. The number of aromatic nitrogens is 4. The molecule has 4 rings (SSSR count). The molecule has 0 bridgehead atoms. The molecule has 6 nitrogen and oxygen atoms in total. The van der Waals surface area contributed by atoms with Gasteiger partial charge in [-0.25, -0.2) is 9.50 Å². The molecule has 0 spiro atoms. The second-order valence-electron chi connectivity index (χ2n) is 6.09. The lowest BCUT2D eigenvalue weighted by molar-refractivity contribution is -0.00402. The molecule has 4 heterocycles. The highest BCUT2D eigenvalue weighted by atomic mass is 16.5. The number of fused-ring (bicyclic) bond motifs is 1. The predicted molar refractivity (Wildman–Crippen MR) is 87.0 cm³/mol. The molecular weight excluding hydrogens is 290 g/mol. The van der Waals surface area contributed by atoms with E-state index in [9.17, 15) is 0 Å². The fourth-order valence-corrected chi connectivity index (χ4v) is 3.24. The second kappa shape index (κ2) is 6.14. The fraction of sp³-hybridized carbons (Fsp3) is 0.412. The first-order valence-electron chi connectivity index (χ1n) is 8.04. The summed E-state index contributed by atoms with van der Waals surface area (Å²) >= 11 is 0. The van der Waals surface area contributed by atoms with Crippen molar-refractivity contribution in [2.75, 3.05) is 6.61 Å². The number of hydrogen-bond acceptors (Lipinski definition) is 4. The summed E-state index contributed by atoms with van der Waals surface area (Å²) in [4.78, 5) is 4.19. The summed E-state index contributed by atoms with van der Waals surface area (Å²) in [5.41, 5.74) is 3.54. The molecule has 0 aromatic carbocycles. The number of hydrogen-bond donors (Lipinski definition) is 1. The van der Waals surface area contributed by atoms with E-state index in [0.29, 0.717) is 6.04 Å². The number of aryl methyl sites for hydroxylation is 1. The van der Waals surface area contributed by atoms with E-state index in [1.54, 1.807) is 0 Å². The average molecular weight is 311 g/mol. The Balaban J connectivity index is 1.42. The van der Waals surface area contributed by atoms with Gasteiger partial charge in [-0.2, -0.15) is 5.10 Å². The number of nitrogens with zero attached hydrogens (tertiary/aromatic N) is 4. The zero-order valence-electron chi connectivity index (χ0n) is 13.2. The lowest BCUT2D eigenvalue weighted by atomic mass is 10.0. The minimum Gasteiger partial charge on any atom is -0.372 e. The monoisotopic (exact) mass is 311 g/mol. The van der Waals surface area contributed by atoms with Crippen molar-refractivity contribution < 1.29 is 4.74 Å². The summed E-state index contributed by atoms with van der Waals surface area (Å²) in [6, 6.07) is 6.59. The van der Waals surface area contributed by atoms with E-state index >= 15 is 0 Å². The molecule has 1 aliphatic rings. The lowest BCUT2D eigenvalue weighted by Crippen LogP contribution is -2.36. The van der Waals surface area contributed by atoms with Crippen LogP contribution in [-0.4, -0.2) is 31.8 Å². The molecule has 1 fully saturated rings. The van der Waals surface area contributed by atoms with Gasteiger partial charge < -0.3 is 14.6 Å². The third kappa shape index (κ3) is 2.87. The van der Waals surface area contributed by atoms with Crippen LogP contribution in [0.15, 0.2) is 43.1 Å². The molecule has 6 heteroatoms. The summed E-state index contributed by atoms with van der Waals surface area (Å²) in [6.45, 7) is 1.61. The molecule has 1 N–H and O–H groups in total. The number of imidazole rings is 1. The SMILES string of the molecule is Cn1cncc1[C@H]1C[C@H](NCc2cnn3ccccc23)CCO1. The van der Waals surface area contributed by atoms with Crippen LogP contribution in [0.25, 0.3) is 5.52 Å². The molecule has 0 amide bonds. The van der Waals surface area contributed by atoms with Crippen LogP contribution < -0.4 is 5.32 Å². The van der Waals surface area contributed by atoms with Crippen LogP contribution in [-0.2, 0) is 18.3 Å². The molecule has 0 aliphatic carbocycles.